The van der Waals surface area contributed by atoms with Gasteiger partial charge in [0, 0.05) is 17.4 Å². The Morgan fingerprint density at radius 3 is 2.89 bits per heavy atom. The molecule has 1 aliphatic rings. The van der Waals surface area contributed by atoms with Crippen molar-refractivity contribution in [3.8, 4) is 0 Å². The Kier molecular flexibility index (Phi) is 3.97. The number of nitrogens with zero attached hydrogens (tertiary/aromatic N) is 1. The van der Waals surface area contributed by atoms with E-state index in [0.29, 0.717) is 30.0 Å². The molecule has 0 aromatic heterocycles. The molecule has 0 spiro atoms. The summed E-state index contributed by atoms with van der Waals surface area (Å²) < 4.78 is 14.9. The number of benzene rings is 1. The van der Waals surface area contributed by atoms with E-state index >= 15 is 0 Å². The van der Waals surface area contributed by atoms with E-state index < -0.39 is 5.67 Å². The van der Waals surface area contributed by atoms with Gasteiger partial charge in [0.25, 0.3) is 5.91 Å². The van der Waals surface area contributed by atoms with Crippen LogP contribution in [0.15, 0.2) is 22.7 Å². The van der Waals surface area contributed by atoms with Gasteiger partial charge in [-0.15, -0.1) is 0 Å². The van der Waals surface area contributed by atoms with Gasteiger partial charge in [-0.1, -0.05) is 34.5 Å². The smallest absolute Gasteiger partial charge is 0.255 e. The van der Waals surface area contributed by atoms with Gasteiger partial charge < -0.3 is 4.90 Å². The Labute approximate surface area is 119 Å². The van der Waals surface area contributed by atoms with Crippen molar-refractivity contribution < 1.29 is 9.18 Å². The van der Waals surface area contributed by atoms with Gasteiger partial charge in [0.05, 0.1) is 17.1 Å². The molecule has 1 aromatic rings. The third-order valence-corrected chi connectivity index (χ3v) is 4.19. The molecule has 0 saturated carbocycles. The van der Waals surface area contributed by atoms with Crippen molar-refractivity contribution in [3.05, 3.63) is 33.3 Å². The van der Waals surface area contributed by atoms with E-state index in [9.17, 15) is 9.18 Å². The molecule has 0 aliphatic carbocycles. The maximum atomic E-state index is 14.1. The summed E-state index contributed by atoms with van der Waals surface area (Å²) in [6.07, 6.45) is 0.842. The summed E-state index contributed by atoms with van der Waals surface area (Å²) in [5, 5.41) is 0.391. The molecule has 0 radical (unpaired) electrons. The molecule has 1 heterocycles. The highest BCUT2D eigenvalue weighted by molar-refractivity contribution is 9.10. The second-order valence-corrected chi connectivity index (χ2v) is 5.93. The normalized spacial score (nSPS) is 23.4. The largest absolute Gasteiger partial charge is 0.335 e. The Morgan fingerprint density at radius 2 is 2.33 bits per heavy atom. The first kappa shape index (κ1) is 13.8. The summed E-state index contributed by atoms with van der Waals surface area (Å²) in [6, 6.07) is 5.10. The van der Waals surface area contributed by atoms with Crippen molar-refractivity contribution in [1.82, 2.24) is 4.90 Å². The molecule has 5 heteroatoms. The first-order valence-electron chi connectivity index (χ1n) is 5.88. The van der Waals surface area contributed by atoms with Crippen molar-refractivity contribution in [2.45, 2.75) is 25.4 Å². The summed E-state index contributed by atoms with van der Waals surface area (Å²) in [4.78, 5) is 13.8. The van der Waals surface area contributed by atoms with Gasteiger partial charge in [0.1, 0.15) is 5.67 Å². The van der Waals surface area contributed by atoms with Gasteiger partial charge in [0.2, 0.25) is 0 Å². The van der Waals surface area contributed by atoms with Gasteiger partial charge in [0.15, 0.2) is 0 Å². The van der Waals surface area contributed by atoms with Gasteiger partial charge >= 0.3 is 0 Å². The standard InChI is InChI=1S/C13H14BrClFNO/c1-2-13(16)5-6-17(8-13)12(18)10-4-3-9(14)7-11(10)15/h3-4,7H,2,5-6,8H2,1H3. The van der Waals surface area contributed by atoms with Gasteiger partial charge in [-0.2, -0.15) is 0 Å². The van der Waals surface area contributed by atoms with Crippen LogP contribution in [-0.4, -0.2) is 29.6 Å². The summed E-state index contributed by atoms with van der Waals surface area (Å²) in [7, 11) is 0. The Morgan fingerprint density at radius 1 is 1.61 bits per heavy atom. The first-order valence-corrected chi connectivity index (χ1v) is 7.05. The minimum Gasteiger partial charge on any atom is -0.335 e. The summed E-state index contributed by atoms with van der Waals surface area (Å²) in [5.74, 6) is -0.194. The van der Waals surface area contributed by atoms with Crippen LogP contribution in [0.2, 0.25) is 5.02 Å². The van der Waals surface area contributed by atoms with Gasteiger partial charge in [-0.05, 0) is 24.6 Å². The summed E-state index contributed by atoms with van der Waals surface area (Å²) in [5.41, 5.74) is -0.808. The van der Waals surface area contributed by atoms with Crippen LogP contribution in [0.25, 0.3) is 0 Å². The number of likely N-dealkylation sites (tertiary alicyclic amines) is 1. The predicted molar refractivity (Wildman–Crippen MR) is 73.8 cm³/mol. The zero-order valence-electron chi connectivity index (χ0n) is 10.0. The zero-order chi connectivity index (χ0) is 13.3. The fourth-order valence-corrected chi connectivity index (χ4v) is 2.88. The van der Waals surface area contributed by atoms with E-state index in [-0.39, 0.29) is 12.5 Å². The highest BCUT2D eigenvalue weighted by Gasteiger charge is 2.39. The molecule has 1 aromatic carbocycles. The molecule has 1 amide bonds. The van der Waals surface area contributed by atoms with Crippen LogP contribution in [0.5, 0.6) is 0 Å². The Bertz CT molecular complexity index is 482. The molecule has 0 bridgehead atoms. The van der Waals surface area contributed by atoms with E-state index in [4.69, 9.17) is 11.6 Å². The molecular formula is C13H14BrClFNO. The monoisotopic (exact) mass is 333 g/mol. The molecule has 1 unspecified atom stereocenters. The number of hydrogen-bond acceptors (Lipinski definition) is 1. The highest BCUT2D eigenvalue weighted by atomic mass is 79.9. The third-order valence-electron chi connectivity index (χ3n) is 3.39. The van der Waals surface area contributed by atoms with Crippen LogP contribution in [0.3, 0.4) is 0 Å². The molecule has 98 valence electrons. The van der Waals surface area contributed by atoms with E-state index in [0.717, 1.165) is 4.47 Å². The van der Waals surface area contributed by atoms with Crippen molar-refractivity contribution >= 4 is 33.4 Å². The van der Waals surface area contributed by atoms with E-state index in [1.54, 1.807) is 30.0 Å². The van der Waals surface area contributed by atoms with E-state index in [1.165, 1.54) is 0 Å². The zero-order valence-corrected chi connectivity index (χ0v) is 12.4. The van der Waals surface area contributed by atoms with Gasteiger partial charge in [-0.25, -0.2) is 4.39 Å². The number of hydrogen-bond donors (Lipinski definition) is 0. The summed E-state index contributed by atoms with van der Waals surface area (Å²) >= 11 is 9.33. The quantitative estimate of drug-likeness (QED) is 0.798. The molecular weight excluding hydrogens is 321 g/mol. The number of amides is 1. The molecule has 1 saturated heterocycles. The molecule has 1 aliphatic heterocycles. The van der Waals surface area contributed by atoms with Crippen molar-refractivity contribution in [3.63, 3.8) is 0 Å². The van der Waals surface area contributed by atoms with Crippen LogP contribution in [0, 0.1) is 0 Å². The molecule has 1 fully saturated rings. The molecule has 2 nitrogen and oxygen atoms in total. The number of carbonyl (C=O) groups excluding carboxylic acids is 1. The second kappa shape index (κ2) is 5.17. The lowest BCUT2D eigenvalue weighted by Crippen LogP contribution is -2.33. The van der Waals surface area contributed by atoms with Crippen LogP contribution in [0.1, 0.15) is 30.1 Å². The maximum absolute atomic E-state index is 14.1. The lowest BCUT2D eigenvalue weighted by atomic mass is 10.0. The summed E-state index contributed by atoms with van der Waals surface area (Å²) in [6.45, 7) is 2.42. The van der Waals surface area contributed by atoms with Crippen molar-refractivity contribution in [1.29, 1.82) is 0 Å². The molecule has 18 heavy (non-hydrogen) atoms. The predicted octanol–water partition coefficient (Wildman–Crippen LogP) is 4.07. The lowest BCUT2D eigenvalue weighted by Gasteiger charge is -2.20. The molecule has 2 rings (SSSR count). The SMILES string of the molecule is CCC1(F)CCN(C(=O)c2ccc(Br)cc2Cl)C1. The minimum absolute atomic E-state index is 0.161. The lowest BCUT2D eigenvalue weighted by molar-refractivity contribution is 0.0749. The van der Waals surface area contributed by atoms with E-state index in [1.807, 2.05) is 0 Å². The molecule has 1 atom stereocenters. The Balaban J connectivity index is 2.18. The average Bonchev–Trinajstić information content (AvgIpc) is 2.72. The van der Waals surface area contributed by atoms with Crippen LogP contribution < -0.4 is 0 Å². The number of rotatable bonds is 2. The second-order valence-electron chi connectivity index (χ2n) is 4.61. The fraction of sp³-hybridized carbons (Fsp3) is 0.462. The van der Waals surface area contributed by atoms with Crippen LogP contribution in [0.4, 0.5) is 4.39 Å². The minimum atomic E-state index is -1.24. The Hall–Kier alpha value is -0.610. The van der Waals surface area contributed by atoms with Crippen molar-refractivity contribution in [2.24, 2.45) is 0 Å². The average molecular weight is 335 g/mol. The van der Waals surface area contributed by atoms with E-state index in [2.05, 4.69) is 15.9 Å². The molecule has 0 N–H and O–H groups in total. The van der Waals surface area contributed by atoms with Crippen molar-refractivity contribution in [2.75, 3.05) is 13.1 Å². The van der Waals surface area contributed by atoms with Gasteiger partial charge in [-0.3, -0.25) is 4.79 Å². The first-order chi connectivity index (χ1) is 8.45. The number of alkyl halides is 1. The van der Waals surface area contributed by atoms with Crippen LogP contribution >= 0.6 is 27.5 Å². The number of halogens is 3. The van der Waals surface area contributed by atoms with Crippen LogP contribution in [-0.2, 0) is 0 Å². The maximum Gasteiger partial charge on any atom is 0.255 e. The topological polar surface area (TPSA) is 20.3 Å². The highest BCUT2D eigenvalue weighted by Crippen LogP contribution is 2.31. The fourth-order valence-electron chi connectivity index (χ4n) is 2.13. The number of carbonyl (C=O) groups is 1. The third kappa shape index (κ3) is 2.69.